The van der Waals surface area contributed by atoms with Gasteiger partial charge in [-0.3, -0.25) is 14.6 Å². The Morgan fingerprint density at radius 2 is 2.04 bits per heavy atom. The summed E-state index contributed by atoms with van der Waals surface area (Å²) in [6.07, 6.45) is 1.83. The van der Waals surface area contributed by atoms with Crippen molar-refractivity contribution in [3.63, 3.8) is 0 Å². The number of para-hydroxylation sites is 1. The third kappa shape index (κ3) is 5.05. The number of amides is 1. The lowest BCUT2D eigenvalue weighted by molar-refractivity contribution is -0.122. The second kappa shape index (κ2) is 9.73. The van der Waals surface area contributed by atoms with Gasteiger partial charge in [-0.15, -0.1) is 0 Å². The minimum absolute atomic E-state index is 0.00789. The lowest BCUT2D eigenvalue weighted by Crippen LogP contribution is -2.42. The summed E-state index contributed by atoms with van der Waals surface area (Å²) in [7, 11) is 1.61. The lowest BCUT2D eigenvalue weighted by Gasteiger charge is -2.28. The van der Waals surface area contributed by atoms with Crippen molar-refractivity contribution in [2.45, 2.75) is 20.0 Å². The zero-order valence-electron chi connectivity index (χ0n) is 16.5. The fraction of sp³-hybridized carbons (Fsp3) is 0.500. The summed E-state index contributed by atoms with van der Waals surface area (Å²) in [6.45, 7) is 8.58. The zero-order valence-corrected chi connectivity index (χ0v) is 18.1. The molecule has 0 spiro atoms. The van der Waals surface area contributed by atoms with Crippen LogP contribution in [0.1, 0.15) is 19.4 Å². The molecule has 0 aromatic heterocycles. The number of carbonyl (C=O) groups excluding carboxylic acids is 1. The molecule has 1 aromatic rings. The number of morpholine rings is 1. The molecular weight excluding hydrogens is 396 g/mol. The van der Waals surface area contributed by atoms with Crippen LogP contribution in [0.15, 0.2) is 23.1 Å². The predicted molar refractivity (Wildman–Crippen MR) is 116 cm³/mol. The number of thioether (sulfide) groups is 1. The van der Waals surface area contributed by atoms with Crippen LogP contribution in [0.3, 0.4) is 0 Å². The lowest BCUT2D eigenvalue weighted by atomic mass is 10.1. The Morgan fingerprint density at radius 1 is 1.29 bits per heavy atom. The van der Waals surface area contributed by atoms with E-state index in [1.54, 1.807) is 12.0 Å². The molecule has 28 heavy (non-hydrogen) atoms. The molecule has 0 bridgehead atoms. The Balaban J connectivity index is 1.76. The van der Waals surface area contributed by atoms with Crippen molar-refractivity contribution >= 4 is 40.3 Å². The van der Waals surface area contributed by atoms with E-state index in [2.05, 4.69) is 4.90 Å². The maximum absolute atomic E-state index is 12.9. The smallest absolute Gasteiger partial charge is 0.266 e. The molecule has 0 unspecified atom stereocenters. The molecule has 0 radical (unpaired) electrons. The molecule has 2 saturated heterocycles. The molecule has 0 atom stereocenters. The quantitative estimate of drug-likeness (QED) is 0.494. The normalized spacial score (nSPS) is 19.7. The average Bonchev–Trinajstić information content (AvgIpc) is 2.95. The summed E-state index contributed by atoms with van der Waals surface area (Å²) >= 11 is 6.79. The molecular formula is C20H26N2O4S2. The first-order chi connectivity index (χ1) is 13.5. The Hall–Kier alpha value is -1.61. The van der Waals surface area contributed by atoms with Crippen LogP contribution in [0.2, 0.25) is 0 Å². The fourth-order valence-corrected chi connectivity index (χ4v) is 4.37. The van der Waals surface area contributed by atoms with E-state index < -0.39 is 0 Å². The molecule has 2 fully saturated rings. The molecule has 8 heteroatoms. The number of hydrogen-bond donors (Lipinski definition) is 0. The highest BCUT2D eigenvalue weighted by atomic mass is 32.2. The fourth-order valence-electron chi connectivity index (χ4n) is 3.07. The topological polar surface area (TPSA) is 51.2 Å². The number of nitrogens with zero attached hydrogens (tertiary/aromatic N) is 2. The summed E-state index contributed by atoms with van der Waals surface area (Å²) < 4.78 is 17.3. The number of benzene rings is 1. The van der Waals surface area contributed by atoms with E-state index in [4.69, 9.17) is 26.4 Å². The van der Waals surface area contributed by atoms with Crippen LogP contribution < -0.4 is 9.47 Å². The summed E-state index contributed by atoms with van der Waals surface area (Å²) in [6, 6.07) is 5.65. The summed E-state index contributed by atoms with van der Waals surface area (Å²) in [5.41, 5.74) is 0.807. The largest absolute Gasteiger partial charge is 0.493 e. The van der Waals surface area contributed by atoms with Gasteiger partial charge in [0.15, 0.2) is 11.5 Å². The highest BCUT2D eigenvalue weighted by Gasteiger charge is 2.32. The third-order valence-electron chi connectivity index (χ3n) is 4.49. The van der Waals surface area contributed by atoms with E-state index in [1.807, 2.05) is 38.1 Å². The van der Waals surface area contributed by atoms with Gasteiger partial charge in [0.2, 0.25) is 0 Å². The van der Waals surface area contributed by atoms with E-state index in [1.165, 1.54) is 11.8 Å². The predicted octanol–water partition coefficient (Wildman–Crippen LogP) is 3.02. The van der Waals surface area contributed by atoms with Crippen LogP contribution in [0.5, 0.6) is 11.5 Å². The van der Waals surface area contributed by atoms with Crippen molar-refractivity contribution in [2.24, 2.45) is 0 Å². The maximum atomic E-state index is 12.9. The van der Waals surface area contributed by atoms with Crippen molar-refractivity contribution < 1.29 is 19.0 Å². The van der Waals surface area contributed by atoms with Gasteiger partial charge < -0.3 is 14.2 Å². The molecule has 0 saturated carbocycles. The van der Waals surface area contributed by atoms with E-state index in [-0.39, 0.29) is 12.0 Å². The van der Waals surface area contributed by atoms with Crippen LogP contribution >= 0.6 is 24.0 Å². The molecule has 6 nitrogen and oxygen atoms in total. The van der Waals surface area contributed by atoms with Gasteiger partial charge in [-0.05, 0) is 26.0 Å². The van der Waals surface area contributed by atoms with Gasteiger partial charge in [-0.25, -0.2) is 0 Å². The number of thiocarbonyl (C=S) groups is 1. The number of rotatable bonds is 7. The first-order valence-electron chi connectivity index (χ1n) is 9.38. The van der Waals surface area contributed by atoms with Crippen molar-refractivity contribution in [3.05, 3.63) is 28.7 Å². The van der Waals surface area contributed by atoms with Crippen LogP contribution in [0, 0.1) is 0 Å². The standard InChI is InChI=1S/C20H26N2O4S2/c1-14(2)26-18-15(5-4-6-16(18)24-3)13-17-19(23)22(20(27)28-17)8-7-21-9-11-25-12-10-21/h4-6,13-14H,7-12H2,1-3H3. The second-order valence-electron chi connectivity index (χ2n) is 6.83. The molecule has 2 aliphatic rings. The number of ether oxygens (including phenoxy) is 3. The number of methoxy groups -OCH3 is 1. The van der Waals surface area contributed by atoms with E-state index in [0.717, 1.165) is 38.4 Å². The molecule has 0 aliphatic carbocycles. The summed E-state index contributed by atoms with van der Waals surface area (Å²) in [5, 5.41) is 0. The monoisotopic (exact) mass is 422 g/mol. The van der Waals surface area contributed by atoms with Gasteiger partial charge >= 0.3 is 0 Å². The summed E-state index contributed by atoms with van der Waals surface area (Å²) in [5.74, 6) is 1.23. The second-order valence-corrected chi connectivity index (χ2v) is 8.51. The van der Waals surface area contributed by atoms with E-state index >= 15 is 0 Å². The number of hydrogen-bond acceptors (Lipinski definition) is 7. The molecule has 1 amide bonds. The van der Waals surface area contributed by atoms with Crippen molar-refractivity contribution in [3.8, 4) is 11.5 Å². The minimum Gasteiger partial charge on any atom is -0.493 e. The van der Waals surface area contributed by atoms with Crippen LogP contribution in [0.25, 0.3) is 6.08 Å². The van der Waals surface area contributed by atoms with Crippen molar-refractivity contribution in [1.29, 1.82) is 0 Å². The highest BCUT2D eigenvalue weighted by Crippen LogP contribution is 2.37. The molecule has 152 valence electrons. The van der Waals surface area contributed by atoms with Crippen molar-refractivity contribution in [2.75, 3.05) is 46.5 Å². The van der Waals surface area contributed by atoms with Crippen molar-refractivity contribution in [1.82, 2.24) is 9.80 Å². The average molecular weight is 423 g/mol. The molecule has 0 N–H and O–H groups in total. The Labute approximate surface area is 175 Å². The Kier molecular flexibility index (Phi) is 7.34. The van der Waals surface area contributed by atoms with Gasteiger partial charge in [-0.1, -0.05) is 36.1 Å². The first kappa shape index (κ1) is 21.1. The van der Waals surface area contributed by atoms with E-state index in [0.29, 0.717) is 27.3 Å². The first-order valence-corrected chi connectivity index (χ1v) is 10.6. The number of carbonyl (C=O) groups is 1. The zero-order chi connectivity index (χ0) is 20.1. The Morgan fingerprint density at radius 3 is 2.71 bits per heavy atom. The van der Waals surface area contributed by atoms with Gasteiger partial charge in [0, 0.05) is 31.7 Å². The molecule has 2 aliphatic heterocycles. The summed E-state index contributed by atoms with van der Waals surface area (Å²) in [4.78, 5) is 17.5. The van der Waals surface area contributed by atoms with Gasteiger partial charge in [0.25, 0.3) is 5.91 Å². The molecule has 3 rings (SSSR count). The SMILES string of the molecule is COc1cccc(C=C2SC(=S)N(CCN3CCOCC3)C2=O)c1OC(C)C. The van der Waals surface area contributed by atoms with Crippen LogP contribution in [-0.2, 0) is 9.53 Å². The van der Waals surface area contributed by atoms with Gasteiger partial charge in [-0.2, -0.15) is 0 Å². The Bertz CT molecular complexity index is 761. The molecule has 1 aromatic carbocycles. The van der Waals surface area contributed by atoms with Gasteiger partial charge in [0.05, 0.1) is 31.3 Å². The molecule has 2 heterocycles. The minimum atomic E-state index is -0.0541. The third-order valence-corrected chi connectivity index (χ3v) is 5.86. The van der Waals surface area contributed by atoms with Gasteiger partial charge in [0.1, 0.15) is 4.32 Å². The van der Waals surface area contributed by atoms with Crippen LogP contribution in [0.4, 0.5) is 0 Å². The highest BCUT2D eigenvalue weighted by molar-refractivity contribution is 8.26. The van der Waals surface area contributed by atoms with E-state index in [9.17, 15) is 4.79 Å². The maximum Gasteiger partial charge on any atom is 0.266 e. The van der Waals surface area contributed by atoms with Crippen LogP contribution in [-0.4, -0.2) is 72.6 Å².